The van der Waals surface area contributed by atoms with E-state index in [9.17, 15) is 0 Å². The number of rotatable bonds is 0. The largest absolute Gasteiger partial charge is 0.469 e. The highest BCUT2D eigenvalue weighted by molar-refractivity contribution is 6.60. The minimum absolute atomic E-state index is 0.679. The summed E-state index contributed by atoms with van der Waals surface area (Å²) in [4.78, 5) is 8.77. The maximum atomic E-state index is 8.77. The van der Waals surface area contributed by atoms with E-state index in [4.69, 9.17) is 9.90 Å². The topological polar surface area (TPSA) is 37.3 Å². The Morgan fingerprint density at radius 3 is 1.75 bits per heavy atom. The van der Waals surface area contributed by atoms with Crippen LogP contribution in [0.5, 0.6) is 0 Å². The summed E-state index contributed by atoms with van der Waals surface area (Å²) in [6.45, 7) is 4.76. The van der Waals surface area contributed by atoms with E-state index >= 15 is 0 Å². The van der Waals surface area contributed by atoms with Crippen molar-refractivity contribution in [3.8, 4) is 0 Å². The van der Waals surface area contributed by atoms with Crippen molar-refractivity contribution in [1.82, 2.24) is 0 Å². The summed E-state index contributed by atoms with van der Waals surface area (Å²) >= 11 is 4.19. The molecule has 1 rings (SSSR count). The Hall–Kier alpha value is -0.240. The molecule has 1 aliphatic carbocycles. The van der Waals surface area contributed by atoms with Crippen molar-refractivity contribution >= 4 is 17.0 Å². The lowest BCUT2D eigenvalue weighted by Crippen LogP contribution is -2.14. The van der Waals surface area contributed by atoms with Crippen molar-refractivity contribution in [2.75, 3.05) is 0 Å². The molecule has 2 nitrogen and oxygen atoms in total. The van der Waals surface area contributed by atoms with Gasteiger partial charge in [0.2, 0.25) is 0 Å². The van der Waals surface area contributed by atoms with Gasteiger partial charge in [-0.15, -0.1) is 0 Å². The van der Waals surface area contributed by atoms with Gasteiger partial charge in [-0.3, -0.25) is 0 Å². The minimum Gasteiger partial charge on any atom is -0.469 e. The van der Waals surface area contributed by atoms with E-state index in [1.165, 1.54) is 32.1 Å². The lowest BCUT2D eigenvalue weighted by molar-refractivity contribution is 0.220. The molecule has 0 unspecified atom stereocenters. The first-order valence-corrected chi connectivity index (χ1v) is 4.70. The zero-order valence-corrected chi connectivity index (χ0v) is 8.52. The molecule has 1 fully saturated rings. The van der Waals surface area contributed by atoms with Gasteiger partial charge in [0, 0.05) is 11.6 Å². The van der Waals surface area contributed by atoms with Crippen LogP contribution < -0.4 is 0 Å². The molecule has 0 radical (unpaired) electrons. The van der Waals surface area contributed by atoms with Crippen molar-refractivity contribution in [3.63, 3.8) is 0 Å². The van der Waals surface area contributed by atoms with Crippen LogP contribution in [0.15, 0.2) is 0 Å². The average Bonchev–Trinajstić information content (AvgIpc) is 1.85. The Kier molecular flexibility index (Phi) is 5.31. The third-order valence-corrected chi connectivity index (χ3v) is 2.21. The third-order valence-electron chi connectivity index (χ3n) is 2.21. The molecule has 0 aromatic heterocycles. The van der Waals surface area contributed by atoms with Crippen molar-refractivity contribution in [2.45, 2.75) is 46.0 Å². The zero-order valence-electron chi connectivity index (χ0n) is 7.77. The minimum atomic E-state index is -1.36. The lowest BCUT2D eigenvalue weighted by atomic mass is 9.78. The van der Waals surface area contributed by atoms with Crippen LogP contribution in [0, 0.1) is 5.41 Å². The molecule has 1 aliphatic rings. The van der Waals surface area contributed by atoms with Crippen LogP contribution >= 0.6 is 11.6 Å². The normalized spacial score (nSPS) is 20.6. The molecule has 0 aliphatic heterocycles. The predicted octanol–water partition coefficient (Wildman–Crippen LogP) is 3.88. The molecule has 0 aromatic rings. The molecular formula is C9H17ClO2. The fourth-order valence-electron chi connectivity index (χ4n) is 1.51. The highest BCUT2D eigenvalue weighted by Crippen LogP contribution is 2.34. The Morgan fingerprint density at radius 1 is 1.25 bits per heavy atom. The van der Waals surface area contributed by atoms with Gasteiger partial charge in [0.05, 0.1) is 0 Å². The second-order valence-electron chi connectivity index (χ2n) is 3.98. The molecule has 0 bridgehead atoms. The molecule has 0 spiro atoms. The van der Waals surface area contributed by atoms with Crippen LogP contribution in [0.1, 0.15) is 46.0 Å². The SMILES string of the molecule is CC1(C)CCCCC1.O=C(O)Cl. The molecule has 12 heavy (non-hydrogen) atoms. The van der Waals surface area contributed by atoms with Gasteiger partial charge in [-0.25, -0.2) is 4.79 Å². The summed E-state index contributed by atoms with van der Waals surface area (Å²) in [6.07, 6.45) is 7.31. The summed E-state index contributed by atoms with van der Waals surface area (Å²) in [5.41, 5.74) is -0.682. The van der Waals surface area contributed by atoms with Gasteiger partial charge in [-0.05, 0) is 18.3 Å². The van der Waals surface area contributed by atoms with Gasteiger partial charge in [-0.1, -0.05) is 33.1 Å². The van der Waals surface area contributed by atoms with E-state index in [2.05, 4.69) is 25.4 Å². The van der Waals surface area contributed by atoms with E-state index in [1.54, 1.807) is 0 Å². The predicted molar refractivity (Wildman–Crippen MR) is 50.7 cm³/mol. The van der Waals surface area contributed by atoms with Gasteiger partial charge >= 0.3 is 5.43 Å². The maximum absolute atomic E-state index is 8.77. The van der Waals surface area contributed by atoms with Crippen molar-refractivity contribution in [1.29, 1.82) is 0 Å². The molecule has 0 amide bonds. The second kappa shape index (κ2) is 5.41. The second-order valence-corrected chi connectivity index (χ2v) is 4.30. The number of hydrogen-bond donors (Lipinski definition) is 1. The van der Waals surface area contributed by atoms with E-state index in [0.717, 1.165) is 0 Å². The first-order chi connectivity index (χ1) is 5.44. The van der Waals surface area contributed by atoms with Crippen molar-refractivity contribution in [2.24, 2.45) is 5.41 Å². The first kappa shape index (κ1) is 11.8. The molecule has 1 saturated carbocycles. The smallest absolute Gasteiger partial charge is 0.401 e. The number of halogens is 1. The van der Waals surface area contributed by atoms with Crippen LogP contribution in [0.25, 0.3) is 0 Å². The van der Waals surface area contributed by atoms with Gasteiger partial charge in [0.25, 0.3) is 0 Å². The molecule has 0 atom stereocenters. The fraction of sp³-hybridized carbons (Fsp3) is 0.889. The molecule has 1 N–H and O–H groups in total. The summed E-state index contributed by atoms with van der Waals surface area (Å²) in [5.74, 6) is 0. The van der Waals surface area contributed by atoms with E-state index in [-0.39, 0.29) is 0 Å². The Morgan fingerprint density at radius 2 is 1.58 bits per heavy atom. The van der Waals surface area contributed by atoms with Crippen LogP contribution in [0.3, 0.4) is 0 Å². The van der Waals surface area contributed by atoms with Crippen LogP contribution in [0.2, 0.25) is 0 Å². The van der Waals surface area contributed by atoms with Crippen molar-refractivity contribution in [3.05, 3.63) is 0 Å². The average molecular weight is 193 g/mol. The molecule has 0 heterocycles. The molecule has 0 saturated heterocycles. The Bertz CT molecular complexity index is 131. The quantitative estimate of drug-likeness (QED) is 0.592. The van der Waals surface area contributed by atoms with Gasteiger partial charge in [0.1, 0.15) is 0 Å². The lowest BCUT2D eigenvalue weighted by Gasteiger charge is -2.28. The maximum Gasteiger partial charge on any atom is 0.401 e. The van der Waals surface area contributed by atoms with E-state index in [0.29, 0.717) is 5.41 Å². The standard InChI is InChI=1S/C8H16.CHClO2/c1-8(2)6-4-3-5-7-8;2-1(3)4/h3-7H2,1-2H3;(H,3,4). The first-order valence-electron chi connectivity index (χ1n) is 4.32. The molecule has 3 heteroatoms. The molecule has 0 aromatic carbocycles. The fourth-order valence-corrected chi connectivity index (χ4v) is 1.51. The van der Waals surface area contributed by atoms with Gasteiger partial charge in [0.15, 0.2) is 0 Å². The third kappa shape index (κ3) is 7.86. The number of carbonyl (C=O) groups is 1. The summed E-state index contributed by atoms with van der Waals surface area (Å²) in [5, 5.41) is 7.18. The van der Waals surface area contributed by atoms with Crippen molar-refractivity contribution < 1.29 is 9.90 Å². The zero-order chi connectivity index (χ0) is 9.61. The van der Waals surface area contributed by atoms with Gasteiger partial charge in [-0.2, -0.15) is 0 Å². The Balaban J connectivity index is 0.000000261. The van der Waals surface area contributed by atoms with E-state index in [1.807, 2.05) is 0 Å². The molecular weight excluding hydrogens is 176 g/mol. The summed E-state index contributed by atoms with van der Waals surface area (Å²) < 4.78 is 0. The summed E-state index contributed by atoms with van der Waals surface area (Å²) in [6, 6.07) is 0. The number of carboxylic acid groups (broad SMARTS) is 1. The summed E-state index contributed by atoms with van der Waals surface area (Å²) in [7, 11) is 0. The van der Waals surface area contributed by atoms with Crippen LogP contribution in [0.4, 0.5) is 4.79 Å². The highest BCUT2D eigenvalue weighted by Gasteiger charge is 2.19. The van der Waals surface area contributed by atoms with Crippen LogP contribution in [-0.4, -0.2) is 10.5 Å². The van der Waals surface area contributed by atoms with Crippen LogP contribution in [-0.2, 0) is 0 Å². The number of hydrogen-bond acceptors (Lipinski definition) is 1. The monoisotopic (exact) mass is 192 g/mol. The van der Waals surface area contributed by atoms with E-state index < -0.39 is 5.43 Å². The Labute approximate surface area is 78.9 Å². The van der Waals surface area contributed by atoms with Gasteiger partial charge < -0.3 is 5.11 Å². The molecule has 72 valence electrons. The highest BCUT2D eigenvalue weighted by atomic mass is 35.5.